The summed E-state index contributed by atoms with van der Waals surface area (Å²) in [5.74, 6) is 2.00. The van der Waals surface area contributed by atoms with Crippen LogP contribution in [-0.4, -0.2) is 32.3 Å². The number of imidazole rings is 1. The molecule has 2 aromatic rings. The van der Waals surface area contributed by atoms with Crippen molar-refractivity contribution in [2.75, 3.05) is 7.05 Å². The first kappa shape index (κ1) is 13.3. The molecule has 0 aromatic carbocycles. The van der Waals surface area contributed by atoms with Crippen molar-refractivity contribution in [1.82, 2.24) is 25.0 Å². The minimum Gasteiger partial charge on any atom is -0.339 e. The van der Waals surface area contributed by atoms with Crippen molar-refractivity contribution in [3.8, 4) is 11.6 Å². The fraction of sp³-hybridized carbons (Fsp3) is 0.643. The summed E-state index contributed by atoms with van der Waals surface area (Å²) in [4.78, 5) is 8.75. The summed E-state index contributed by atoms with van der Waals surface area (Å²) in [6.45, 7) is 0. The summed E-state index contributed by atoms with van der Waals surface area (Å²) in [5, 5.41) is 7.53. The number of nitrogens with zero attached hydrogens (tertiary/aromatic N) is 4. The third-order valence-electron chi connectivity index (χ3n) is 4.32. The smallest absolute Gasteiger partial charge is 0.238 e. The van der Waals surface area contributed by atoms with E-state index in [-0.39, 0.29) is 5.54 Å². The van der Waals surface area contributed by atoms with Crippen LogP contribution in [0, 0.1) is 0 Å². The van der Waals surface area contributed by atoms with Gasteiger partial charge in [-0.15, -0.1) is 0 Å². The SMILES string of the molecule is CNC1(Cc2nc(-c3nccn3C)no2)CCCCC1. The minimum atomic E-state index is 0.115. The largest absolute Gasteiger partial charge is 0.339 e. The molecule has 6 nitrogen and oxygen atoms in total. The van der Waals surface area contributed by atoms with Crippen molar-refractivity contribution in [2.45, 2.75) is 44.1 Å². The van der Waals surface area contributed by atoms with Gasteiger partial charge in [-0.3, -0.25) is 0 Å². The van der Waals surface area contributed by atoms with E-state index in [1.807, 2.05) is 24.9 Å². The highest BCUT2D eigenvalue weighted by Crippen LogP contribution is 2.31. The van der Waals surface area contributed by atoms with Crippen LogP contribution in [0.25, 0.3) is 11.6 Å². The summed E-state index contributed by atoms with van der Waals surface area (Å²) < 4.78 is 7.31. The molecular formula is C14H21N5O. The summed E-state index contributed by atoms with van der Waals surface area (Å²) in [6.07, 6.45) is 10.6. The van der Waals surface area contributed by atoms with Crippen molar-refractivity contribution in [1.29, 1.82) is 0 Å². The standard InChI is InChI=1S/C14H21N5O/c1-15-14(6-4-3-5-7-14)10-11-17-12(18-20-11)13-16-8-9-19(13)2/h8-9,15H,3-7,10H2,1-2H3. The normalized spacial score (nSPS) is 18.3. The summed E-state index contributed by atoms with van der Waals surface area (Å²) in [5.41, 5.74) is 0.115. The number of rotatable bonds is 4. The van der Waals surface area contributed by atoms with Crippen LogP contribution < -0.4 is 5.32 Å². The second-order valence-electron chi connectivity index (χ2n) is 5.64. The van der Waals surface area contributed by atoms with E-state index in [1.54, 1.807) is 6.20 Å². The molecule has 0 spiro atoms. The van der Waals surface area contributed by atoms with Crippen molar-refractivity contribution in [2.24, 2.45) is 7.05 Å². The molecule has 0 unspecified atom stereocenters. The van der Waals surface area contributed by atoms with Crippen molar-refractivity contribution < 1.29 is 4.52 Å². The van der Waals surface area contributed by atoms with Crippen molar-refractivity contribution in [3.63, 3.8) is 0 Å². The molecule has 0 aliphatic heterocycles. The van der Waals surface area contributed by atoms with Crippen LogP contribution >= 0.6 is 0 Å². The molecular weight excluding hydrogens is 254 g/mol. The van der Waals surface area contributed by atoms with Crippen LogP contribution in [0.15, 0.2) is 16.9 Å². The van der Waals surface area contributed by atoms with E-state index in [9.17, 15) is 0 Å². The lowest BCUT2D eigenvalue weighted by Gasteiger charge is -2.36. The van der Waals surface area contributed by atoms with Gasteiger partial charge in [0.15, 0.2) is 5.82 Å². The number of aryl methyl sites for hydroxylation is 1. The Hall–Kier alpha value is -1.69. The Bertz CT molecular complexity index is 568. The molecule has 2 heterocycles. The zero-order chi connectivity index (χ0) is 14.0. The molecule has 0 atom stereocenters. The monoisotopic (exact) mass is 275 g/mol. The fourth-order valence-corrected chi connectivity index (χ4v) is 3.03. The number of hydrogen-bond donors (Lipinski definition) is 1. The molecule has 0 bridgehead atoms. The molecule has 0 radical (unpaired) electrons. The van der Waals surface area contributed by atoms with Gasteiger partial charge in [-0.2, -0.15) is 4.98 Å². The van der Waals surface area contributed by atoms with Crippen LogP contribution in [-0.2, 0) is 13.5 Å². The van der Waals surface area contributed by atoms with Gasteiger partial charge in [-0.05, 0) is 19.9 Å². The first-order valence-corrected chi connectivity index (χ1v) is 7.22. The average Bonchev–Trinajstić information content (AvgIpc) is 3.08. The minimum absolute atomic E-state index is 0.115. The zero-order valence-corrected chi connectivity index (χ0v) is 12.1. The Morgan fingerprint density at radius 3 is 2.80 bits per heavy atom. The van der Waals surface area contributed by atoms with Crippen LogP contribution in [0.1, 0.15) is 38.0 Å². The summed E-state index contributed by atoms with van der Waals surface area (Å²) in [7, 11) is 3.95. The number of hydrogen-bond acceptors (Lipinski definition) is 5. The van der Waals surface area contributed by atoms with Gasteiger partial charge in [0, 0.05) is 31.4 Å². The second kappa shape index (κ2) is 5.36. The van der Waals surface area contributed by atoms with E-state index in [2.05, 4.69) is 20.4 Å². The predicted molar refractivity (Wildman–Crippen MR) is 75.1 cm³/mol. The highest BCUT2D eigenvalue weighted by atomic mass is 16.5. The van der Waals surface area contributed by atoms with Gasteiger partial charge in [-0.1, -0.05) is 24.4 Å². The molecule has 108 valence electrons. The Balaban J connectivity index is 1.78. The summed E-state index contributed by atoms with van der Waals surface area (Å²) in [6, 6.07) is 0. The van der Waals surface area contributed by atoms with Crippen LogP contribution in [0.4, 0.5) is 0 Å². The Morgan fingerprint density at radius 1 is 1.35 bits per heavy atom. The summed E-state index contributed by atoms with van der Waals surface area (Å²) >= 11 is 0. The van der Waals surface area contributed by atoms with E-state index in [4.69, 9.17) is 4.52 Å². The number of aromatic nitrogens is 4. The Morgan fingerprint density at radius 2 is 2.15 bits per heavy atom. The Labute approximate surface area is 118 Å². The van der Waals surface area contributed by atoms with Crippen LogP contribution in [0.3, 0.4) is 0 Å². The molecule has 20 heavy (non-hydrogen) atoms. The average molecular weight is 275 g/mol. The van der Waals surface area contributed by atoms with Gasteiger partial charge in [0.25, 0.3) is 0 Å². The maximum atomic E-state index is 5.42. The molecule has 0 amide bonds. The van der Waals surface area contributed by atoms with Gasteiger partial charge in [0.05, 0.1) is 0 Å². The Kier molecular flexibility index (Phi) is 3.56. The van der Waals surface area contributed by atoms with Crippen molar-refractivity contribution >= 4 is 0 Å². The second-order valence-corrected chi connectivity index (χ2v) is 5.64. The lowest BCUT2D eigenvalue weighted by Crippen LogP contribution is -2.46. The molecule has 2 aromatic heterocycles. The number of nitrogens with one attached hydrogen (secondary N) is 1. The van der Waals surface area contributed by atoms with Gasteiger partial charge in [-0.25, -0.2) is 4.98 Å². The van der Waals surface area contributed by atoms with Crippen LogP contribution in [0.2, 0.25) is 0 Å². The van der Waals surface area contributed by atoms with Gasteiger partial charge in [0.1, 0.15) is 0 Å². The maximum absolute atomic E-state index is 5.42. The molecule has 0 saturated heterocycles. The van der Waals surface area contributed by atoms with Crippen LogP contribution in [0.5, 0.6) is 0 Å². The third kappa shape index (κ3) is 2.47. The van der Waals surface area contributed by atoms with E-state index in [1.165, 1.54) is 32.1 Å². The third-order valence-corrected chi connectivity index (χ3v) is 4.32. The molecule has 1 N–H and O–H groups in total. The highest BCUT2D eigenvalue weighted by molar-refractivity contribution is 5.42. The van der Waals surface area contributed by atoms with E-state index < -0.39 is 0 Å². The van der Waals surface area contributed by atoms with E-state index >= 15 is 0 Å². The zero-order valence-electron chi connectivity index (χ0n) is 12.1. The van der Waals surface area contributed by atoms with E-state index in [0.29, 0.717) is 11.7 Å². The van der Waals surface area contributed by atoms with Gasteiger partial charge in [0.2, 0.25) is 11.7 Å². The molecule has 1 fully saturated rings. The van der Waals surface area contributed by atoms with E-state index in [0.717, 1.165) is 12.2 Å². The molecule has 1 aliphatic carbocycles. The topological polar surface area (TPSA) is 68.8 Å². The lowest BCUT2D eigenvalue weighted by molar-refractivity contribution is 0.221. The number of likely N-dealkylation sites (N-methyl/N-ethyl adjacent to an activating group) is 1. The maximum Gasteiger partial charge on any atom is 0.238 e. The van der Waals surface area contributed by atoms with Gasteiger partial charge < -0.3 is 14.4 Å². The molecule has 1 aliphatic rings. The lowest BCUT2D eigenvalue weighted by atomic mass is 9.79. The first-order chi connectivity index (χ1) is 9.72. The first-order valence-electron chi connectivity index (χ1n) is 7.22. The highest BCUT2D eigenvalue weighted by Gasteiger charge is 2.32. The predicted octanol–water partition coefficient (Wildman–Crippen LogP) is 1.93. The van der Waals surface area contributed by atoms with Crippen molar-refractivity contribution in [3.05, 3.63) is 18.3 Å². The quantitative estimate of drug-likeness (QED) is 0.923. The molecule has 3 rings (SSSR count). The van der Waals surface area contributed by atoms with Gasteiger partial charge >= 0.3 is 0 Å². The molecule has 6 heteroatoms. The molecule has 1 saturated carbocycles. The fourth-order valence-electron chi connectivity index (χ4n) is 3.03.